The predicted octanol–water partition coefficient (Wildman–Crippen LogP) is 7.84. The van der Waals surface area contributed by atoms with Gasteiger partial charge in [0.15, 0.2) is 0 Å². The van der Waals surface area contributed by atoms with E-state index in [0.717, 1.165) is 33.4 Å². The van der Waals surface area contributed by atoms with Gasteiger partial charge >= 0.3 is 6.09 Å². The van der Waals surface area contributed by atoms with E-state index in [4.69, 9.17) is 4.74 Å². The molecule has 0 saturated heterocycles. The monoisotopic (exact) mass is 499 g/mol. The minimum atomic E-state index is -1.02. The van der Waals surface area contributed by atoms with Gasteiger partial charge in [-0.2, -0.15) is 0 Å². The highest BCUT2D eigenvalue weighted by atomic mass is 16.5. The first-order valence-corrected chi connectivity index (χ1v) is 12.4. The molecule has 0 aliphatic rings. The van der Waals surface area contributed by atoms with E-state index < -0.39 is 6.09 Å². The van der Waals surface area contributed by atoms with Crippen molar-refractivity contribution >= 4 is 11.9 Å². The summed E-state index contributed by atoms with van der Waals surface area (Å²) in [5, 5.41) is 9.65. The van der Waals surface area contributed by atoms with Crippen LogP contribution in [0.15, 0.2) is 60.0 Å². The van der Waals surface area contributed by atoms with Gasteiger partial charge in [-0.25, -0.2) is 14.8 Å². The van der Waals surface area contributed by atoms with Gasteiger partial charge in [0.1, 0.15) is 12.4 Å². The Bertz CT molecular complexity index is 1300. The molecule has 194 valence electrons. The van der Waals surface area contributed by atoms with Crippen LogP contribution in [0.2, 0.25) is 0 Å². The van der Waals surface area contributed by atoms with Gasteiger partial charge < -0.3 is 9.84 Å². The smallest absolute Gasteiger partial charge is 0.413 e. The van der Waals surface area contributed by atoms with Crippen LogP contribution in [0.5, 0.6) is 5.88 Å². The lowest BCUT2D eigenvalue weighted by molar-refractivity contribution is 0.202. The Hall–Kier alpha value is -3.93. The van der Waals surface area contributed by atoms with Crippen molar-refractivity contribution in [1.82, 2.24) is 9.97 Å². The van der Waals surface area contributed by atoms with Crippen LogP contribution in [-0.4, -0.2) is 34.3 Å². The molecule has 0 radical (unpaired) electrons. The second-order valence-corrected chi connectivity index (χ2v) is 9.81. The highest BCUT2D eigenvalue weighted by Crippen LogP contribution is 2.39. The van der Waals surface area contributed by atoms with Crippen LogP contribution in [0.3, 0.4) is 0 Å². The molecule has 6 nitrogen and oxygen atoms in total. The fraction of sp³-hybridized carbons (Fsp3) is 0.323. The highest BCUT2D eigenvalue weighted by molar-refractivity contribution is 5.86. The van der Waals surface area contributed by atoms with E-state index in [1.54, 1.807) is 12.3 Å². The minimum Gasteiger partial charge on any atom is -0.473 e. The van der Waals surface area contributed by atoms with Crippen molar-refractivity contribution in [3.8, 4) is 28.1 Å². The van der Waals surface area contributed by atoms with Crippen LogP contribution < -0.4 is 9.64 Å². The fourth-order valence-corrected chi connectivity index (χ4v) is 4.32. The van der Waals surface area contributed by atoms with E-state index in [1.807, 2.05) is 58.2 Å². The Morgan fingerprint density at radius 1 is 0.811 bits per heavy atom. The number of nitrogens with zero attached hydrogens (tertiary/aromatic N) is 3. The number of pyridine rings is 2. The third-order valence-electron chi connectivity index (χ3n) is 6.60. The number of aromatic nitrogens is 2. The number of carboxylic acid groups (broad SMARTS) is 1. The normalized spacial score (nSPS) is 10.6. The third kappa shape index (κ3) is 6.45. The molecule has 3 rings (SSSR count). The summed E-state index contributed by atoms with van der Waals surface area (Å²) < 4.78 is 5.72. The average Bonchev–Trinajstić information content (AvgIpc) is 2.84. The first-order chi connectivity index (χ1) is 17.5. The van der Waals surface area contributed by atoms with Gasteiger partial charge in [-0.3, -0.25) is 4.90 Å². The van der Waals surface area contributed by atoms with Crippen LogP contribution in [0.1, 0.15) is 49.9 Å². The number of carbonyl (C=O) groups is 1. The van der Waals surface area contributed by atoms with Crippen LogP contribution in [0.25, 0.3) is 22.3 Å². The standard InChI is InChI=1S/C31H37N3O3/c1-19(2)13-15-34(31(35)36)27-11-9-25(17-32-27)29-21(5)23(7)30(24(8)22(29)6)26-10-12-28(33-18-26)37-16-14-20(3)4/h9-14,17-18H,15-16H2,1-8H3,(H,35,36). The van der Waals surface area contributed by atoms with Crippen molar-refractivity contribution in [3.63, 3.8) is 0 Å². The van der Waals surface area contributed by atoms with Crippen molar-refractivity contribution < 1.29 is 14.6 Å². The zero-order chi connectivity index (χ0) is 27.3. The van der Waals surface area contributed by atoms with Crippen molar-refractivity contribution in [2.75, 3.05) is 18.1 Å². The van der Waals surface area contributed by atoms with Gasteiger partial charge in [-0.05, 0) is 113 Å². The van der Waals surface area contributed by atoms with Gasteiger partial charge in [0.2, 0.25) is 5.88 Å². The first-order valence-electron chi connectivity index (χ1n) is 12.4. The Kier molecular flexibility index (Phi) is 8.87. The van der Waals surface area contributed by atoms with Crippen molar-refractivity contribution in [2.24, 2.45) is 0 Å². The lowest BCUT2D eigenvalue weighted by Gasteiger charge is -2.22. The molecule has 0 atom stereocenters. The Labute approximate surface area is 220 Å². The van der Waals surface area contributed by atoms with Gasteiger partial charge in [-0.1, -0.05) is 17.2 Å². The second kappa shape index (κ2) is 11.9. The summed E-state index contributed by atoms with van der Waals surface area (Å²) in [6, 6.07) is 7.70. The van der Waals surface area contributed by atoms with E-state index in [1.165, 1.54) is 27.2 Å². The number of hydrogen-bond donors (Lipinski definition) is 1. The van der Waals surface area contributed by atoms with Crippen molar-refractivity contribution in [1.29, 1.82) is 0 Å². The van der Waals surface area contributed by atoms with E-state index in [9.17, 15) is 9.90 Å². The maximum absolute atomic E-state index is 11.8. The van der Waals surface area contributed by atoms with Crippen LogP contribution in [-0.2, 0) is 0 Å². The first kappa shape index (κ1) is 27.7. The molecule has 0 spiro atoms. The number of allylic oxidation sites excluding steroid dienone is 2. The molecule has 37 heavy (non-hydrogen) atoms. The van der Waals surface area contributed by atoms with Gasteiger partial charge in [0.25, 0.3) is 0 Å². The summed E-state index contributed by atoms with van der Waals surface area (Å²) in [5.41, 5.74) is 11.3. The van der Waals surface area contributed by atoms with Crippen LogP contribution in [0.4, 0.5) is 10.6 Å². The van der Waals surface area contributed by atoms with Crippen molar-refractivity contribution in [3.05, 3.63) is 82.2 Å². The molecule has 3 aromatic rings. The van der Waals surface area contributed by atoms with Gasteiger partial charge in [-0.15, -0.1) is 0 Å². The van der Waals surface area contributed by atoms with Gasteiger partial charge in [0.05, 0.1) is 0 Å². The van der Waals surface area contributed by atoms with Gasteiger partial charge in [0, 0.05) is 36.1 Å². The number of anilines is 1. The molecular weight excluding hydrogens is 462 g/mol. The Balaban J connectivity index is 1.96. The summed E-state index contributed by atoms with van der Waals surface area (Å²) in [6.07, 6.45) is 6.51. The Morgan fingerprint density at radius 2 is 1.32 bits per heavy atom. The molecule has 0 unspecified atom stereocenters. The van der Waals surface area contributed by atoms with Crippen LogP contribution >= 0.6 is 0 Å². The largest absolute Gasteiger partial charge is 0.473 e. The van der Waals surface area contributed by atoms with Crippen molar-refractivity contribution in [2.45, 2.75) is 55.4 Å². The molecule has 1 aromatic carbocycles. The number of benzene rings is 1. The molecule has 1 N–H and O–H groups in total. The summed E-state index contributed by atoms with van der Waals surface area (Å²) in [6.45, 7) is 17.3. The number of rotatable bonds is 8. The zero-order valence-corrected chi connectivity index (χ0v) is 23.1. The summed E-state index contributed by atoms with van der Waals surface area (Å²) >= 11 is 0. The maximum Gasteiger partial charge on any atom is 0.413 e. The van der Waals surface area contributed by atoms with Crippen LogP contribution in [0, 0.1) is 27.7 Å². The quantitative estimate of drug-likeness (QED) is 0.320. The SMILES string of the molecule is CC(C)=CCOc1ccc(-c2c(C)c(C)c(-c3ccc(N(CC=C(C)C)C(=O)O)nc3)c(C)c2C)cn1. The third-order valence-corrected chi connectivity index (χ3v) is 6.60. The lowest BCUT2D eigenvalue weighted by Crippen LogP contribution is -2.30. The number of ether oxygens (including phenoxy) is 1. The number of amides is 1. The number of hydrogen-bond acceptors (Lipinski definition) is 4. The molecule has 0 aliphatic carbocycles. The Morgan fingerprint density at radius 3 is 1.73 bits per heavy atom. The maximum atomic E-state index is 11.8. The molecule has 1 amide bonds. The molecule has 6 heteroatoms. The molecule has 0 bridgehead atoms. The molecule has 2 heterocycles. The topological polar surface area (TPSA) is 75.5 Å². The highest BCUT2D eigenvalue weighted by Gasteiger charge is 2.19. The molecule has 0 saturated carbocycles. The second-order valence-electron chi connectivity index (χ2n) is 9.81. The molecular formula is C31H37N3O3. The predicted molar refractivity (Wildman–Crippen MR) is 152 cm³/mol. The summed E-state index contributed by atoms with van der Waals surface area (Å²) in [4.78, 5) is 22.1. The summed E-state index contributed by atoms with van der Waals surface area (Å²) in [7, 11) is 0. The van der Waals surface area contributed by atoms with E-state index in [2.05, 4.69) is 43.7 Å². The molecule has 2 aromatic heterocycles. The van der Waals surface area contributed by atoms with E-state index >= 15 is 0 Å². The average molecular weight is 500 g/mol. The zero-order valence-electron chi connectivity index (χ0n) is 23.1. The minimum absolute atomic E-state index is 0.266. The van der Waals surface area contributed by atoms with E-state index in [-0.39, 0.29) is 6.54 Å². The summed E-state index contributed by atoms with van der Waals surface area (Å²) in [5.74, 6) is 1.01. The van der Waals surface area contributed by atoms with E-state index in [0.29, 0.717) is 18.3 Å². The fourth-order valence-electron chi connectivity index (χ4n) is 4.32. The molecule has 0 fully saturated rings. The molecule has 0 aliphatic heterocycles. The lowest BCUT2D eigenvalue weighted by atomic mass is 9.84.